The van der Waals surface area contributed by atoms with Gasteiger partial charge in [0, 0.05) is 30.6 Å². The molecule has 3 amide bonds. The lowest BCUT2D eigenvalue weighted by Crippen LogP contribution is -2.46. The molecule has 5 rings (SSSR count). The number of hydrogen-bond donors (Lipinski definition) is 2. The van der Waals surface area contributed by atoms with Gasteiger partial charge in [0.15, 0.2) is 11.5 Å². The van der Waals surface area contributed by atoms with Gasteiger partial charge in [0.2, 0.25) is 11.8 Å². The van der Waals surface area contributed by atoms with Crippen LogP contribution in [-0.4, -0.2) is 52.3 Å². The van der Waals surface area contributed by atoms with Crippen LogP contribution in [0, 0.1) is 30.6 Å². The molecule has 2 aliphatic heterocycles. The van der Waals surface area contributed by atoms with Crippen molar-refractivity contribution < 1.29 is 28.1 Å². The van der Waals surface area contributed by atoms with Crippen LogP contribution in [0.1, 0.15) is 67.4 Å². The number of likely N-dealkylation sites (tertiary alicyclic amines) is 1. The van der Waals surface area contributed by atoms with Crippen LogP contribution in [-0.2, 0) is 26.2 Å². The van der Waals surface area contributed by atoms with Crippen molar-refractivity contribution in [1.29, 1.82) is 0 Å². The largest absolute Gasteiger partial charge is 0.361 e. The molecule has 1 spiro atoms. The molecule has 2 aromatic carbocycles. The van der Waals surface area contributed by atoms with E-state index in [9.17, 15) is 23.6 Å². The van der Waals surface area contributed by atoms with Crippen molar-refractivity contribution in [2.45, 2.75) is 71.0 Å². The van der Waals surface area contributed by atoms with E-state index in [1.165, 1.54) is 35.2 Å². The minimum atomic E-state index is -1.05. The molecule has 2 aliphatic rings. The Morgan fingerprint density at radius 1 is 1.20 bits per heavy atom. The van der Waals surface area contributed by atoms with E-state index in [-0.39, 0.29) is 48.7 Å². The highest BCUT2D eigenvalue weighted by Crippen LogP contribution is 2.47. The van der Waals surface area contributed by atoms with Crippen molar-refractivity contribution in [3.05, 3.63) is 94.4 Å². The third-order valence-corrected chi connectivity index (χ3v) is 8.45. The Balaban J connectivity index is 1.42. The standard InChI is InChI=1S/C34H36FN5O5/c1-20-14-27(39-45-20)30(42)37-26(15-21-10-12-23(35)13-11-21)28(41)16-22(17-33(2,3)4)31(43)40-19-34(18-29(40)36-5)24-8-6-7-9-25(24)38-32(34)44/h6-14,22,26,29H,15-19H2,1-4H3,(H,37,42)(H,38,44)/t22-,26-,29-,34-/m0/s1. The molecule has 11 heteroatoms. The van der Waals surface area contributed by atoms with Crippen molar-refractivity contribution >= 4 is 29.2 Å². The normalized spacial score (nSPS) is 20.3. The highest BCUT2D eigenvalue weighted by molar-refractivity contribution is 6.07. The topological polar surface area (TPSA) is 126 Å². The number of anilines is 1. The summed E-state index contributed by atoms with van der Waals surface area (Å²) >= 11 is 0. The van der Waals surface area contributed by atoms with Crippen LogP contribution >= 0.6 is 0 Å². The molecule has 0 bridgehead atoms. The quantitative estimate of drug-likeness (QED) is 0.333. The molecule has 0 unspecified atom stereocenters. The maximum absolute atomic E-state index is 14.3. The summed E-state index contributed by atoms with van der Waals surface area (Å²) in [7, 11) is 0. The Morgan fingerprint density at radius 2 is 1.91 bits per heavy atom. The minimum absolute atomic E-state index is 0.00381. The van der Waals surface area contributed by atoms with Crippen molar-refractivity contribution in [3.8, 4) is 0 Å². The number of benzene rings is 2. The van der Waals surface area contributed by atoms with E-state index in [1.807, 2.05) is 39.0 Å². The number of hydrogen-bond acceptors (Lipinski definition) is 6. The van der Waals surface area contributed by atoms with E-state index >= 15 is 0 Å². The molecule has 2 N–H and O–H groups in total. The number of amides is 3. The minimum Gasteiger partial charge on any atom is -0.361 e. The smallest absolute Gasteiger partial charge is 0.302 e. The van der Waals surface area contributed by atoms with E-state index < -0.39 is 41.0 Å². The zero-order chi connectivity index (χ0) is 32.5. The number of Topliss-reactive ketones (excluding diaryl/α,β-unsaturated/α-hetero) is 1. The van der Waals surface area contributed by atoms with Gasteiger partial charge in [-0.15, -0.1) is 0 Å². The van der Waals surface area contributed by atoms with E-state index in [1.54, 1.807) is 13.0 Å². The first-order valence-corrected chi connectivity index (χ1v) is 14.9. The maximum Gasteiger partial charge on any atom is 0.302 e. The van der Waals surface area contributed by atoms with Gasteiger partial charge in [0.25, 0.3) is 5.91 Å². The first kappa shape index (κ1) is 31.6. The molecule has 0 saturated carbocycles. The molecule has 10 nitrogen and oxygen atoms in total. The Kier molecular flexibility index (Phi) is 8.61. The summed E-state index contributed by atoms with van der Waals surface area (Å²) in [5.74, 6) is -2.48. The number of aryl methyl sites for hydroxylation is 1. The van der Waals surface area contributed by atoms with Gasteiger partial charge < -0.3 is 15.2 Å². The first-order chi connectivity index (χ1) is 21.3. The van der Waals surface area contributed by atoms with Crippen molar-refractivity contribution in [2.75, 3.05) is 11.9 Å². The molecule has 3 aromatic rings. The first-order valence-electron chi connectivity index (χ1n) is 14.9. The number of halogens is 1. The molecule has 1 saturated heterocycles. The number of ketones is 1. The molecule has 0 aliphatic carbocycles. The Hall–Kier alpha value is -4.85. The predicted octanol–water partition coefficient (Wildman–Crippen LogP) is 4.84. The monoisotopic (exact) mass is 613 g/mol. The van der Waals surface area contributed by atoms with Gasteiger partial charge in [-0.05, 0) is 54.5 Å². The molecule has 234 valence electrons. The molecular formula is C34H36FN5O5. The molecule has 0 radical (unpaired) electrons. The summed E-state index contributed by atoms with van der Waals surface area (Å²) < 4.78 is 18.6. The lowest BCUT2D eigenvalue weighted by molar-refractivity contribution is -0.139. The molecule has 4 atom stereocenters. The number of fused-ring (bicyclic) bond motifs is 2. The van der Waals surface area contributed by atoms with Crippen LogP contribution in [0.5, 0.6) is 0 Å². The number of rotatable bonds is 9. The average molecular weight is 614 g/mol. The van der Waals surface area contributed by atoms with Crippen molar-refractivity contribution in [1.82, 2.24) is 15.4 Å². The van der Waals surface area contributed by atoms with Crippen LogP contribution in [0.2, 0.25) is 0 Å². The number of carbonyl (C=O) groups is 4. The van der Waals surface area contributed by atoms with Crippen LogP contribution < -0.4 is 10.6 Å². The maximum atomic E-state index is 14.3. The predicted molar refractivity (Wildman–Crippen MR) is 163 cm³/mol. The summed E-state index contributed by atoms with van der Waals surface area (Å²) in [6.07, 6.45) is -0.545. The summed E-state index contributed by atoms with van der Waals surface area (Å²) in [6, 6.07) is 13.3. The van der Waals surface area contributed by atoms with E-state index in [0.717, 1.165) is 5.56 Å². The van der Waals surface area contributed by atoms with E-state index in [4.69, 9.17) is 11.1 Å². The summed E-state index contributed by atoms with van der Waals surface area (Å²) in [5.41, 5.74) is 0.634. The molecule has 1 aromatic heterocycles. The van der Waals surface area contributed by atoms with Gasteiger partial charge in [-0.1, -0.05) is 56.3 Å². The number of aromatic nitrogens is 1. The molecule has 1 fully saturated rings. The summed E-state index contributed by atoms with van der Waals surface area (Å²) in [5, 5.41) is 9.37. The van der Waals surface area contributed by atoms with Gasteiger partial charge in [-0.2, -0.15) is 0 Å². The lowest BCUT2D eigenvalue weighted by Gasteiger charge is -2.30. The Labute approximate surface area is 261 Å². The average Bonchev–Trinajstić information content (AvgIpc) is 3.68. The third kappa shape index (κ3) is 6.65. The second-order valence-corrected chi connectivity index (χ2v) is 13.2. The molecular weight excluding hydrogens is 577 g/mol. The van der Waals surface area contributed by atoms with Gasteiger partial charge >= 0.3 is 6.17 Å². The zero-order valence-corrected chi connectivity index (χ0v) is 25.7. The highest BCUT2D eigenvalue weighted by Gasteiger charge is 2.59. The Morgan fingerprint density at radius 3 is 2.56 bits per heavy atom. The van der Waals surface area contributed by atoms with Gasteiger partial charge in [0.1, 0.15) is 17.0 Å². The van der Waals surface area contributed by atoms with Gasteiger partial charge in [-0.3, -0.25) is 28.9 Å². The van der Waals surface area contributed by atoms with E-state index in [2.05, 4.69) is 20.6 Å². The van der Waals surface area contributed by atoms with Crippen molar-refractivity contribution in [3.63, 3.8) is 0 Å². The SMILES string of the molecule is [C-]#[N+][C@@H]1C[C@@]2(CN1C(=O)[C@@H](CC(=O)[C@H](Cc1ccc(F)cc1)NC(=O)c1cc(C)on1)CC(C)(C)C)C(=O)Nc1ccccc12. The third-order valence-electron chi connectivity index (χ3n) is 8.45. The van der Waals surface area contributed by atoms with Crippen LogP contribution in [0.3, 0.4) is 0 Å². The number of nitrogens with one attached hydrogen (secondary N) is 2. The number of para-hydroxylation sites is 1. The summed E-state index contributed by atoms with van der Waals surface area (Å²) in [4.78, 5) is 59.8. The fourth-order valence-corrected chi connectivity index (χ4v) is 6.37. The number of nitrogens with zero attached hydrogens (tertiary/aromatic N) is 3. The zero-order valence-electron chi connectivity index (χ0n) is 25.7. The second-order valence-electron chi connectivity index (χ2n) is 13.2. The van der Waals surface area contributed by atoms with Crippen LogP contribution in [0.4, 0.5) is 10.1 Å². The van der Waals surface area contributed by atoms with Gasteiger partial charge in [0.05, 0.1) is 12.5 Å². The highest BCUT2D eigenvalue weighted by atomic mass is 19.1. The Bertz CT molecular complexity index is 1670. The van der Waals surface area contributed by atoms with E-state index in [0.29, 0.717) is 23.4 Å². The molecule has 3 heterocycles. The number of carbonyl (C=O) groups excluding carboxylic acids is 4. The lowest BCUT2D eigenvalue weighted by atomic mass is 9.80. The molecule has 45 heavy (non-hydrogen) atoms. The fourth-order valence-electron chi connectivity index (χ4n) is 6.37. The van der Waals surface area contributed by atoms with Crippen molar-refractivity contribution in [2.24, 2.45) is 11.3 Å². The fraction of sp³-hybridized carbons (Fsp3) is 0.412. The van der Waals surface area contributed by atoms with Gasteiger partial charge in [-0.25, -0.2) is 11.0 Å². The van der Waals surface area contributed by atoms with Crippen LogP contribution in [0.25, 0.3) is 4.85 Å². The van der Waals surface area contributed by atoms with Crippen LogP contribution in [0.15, 0.2) is 59.1 Å². The second kappa shape index (κ2) is 12.3. The summed E-state index contributed by atoms with van der Waals surface area (Å²) in [6.45, 7) is 15.4.